The minimum absolute atomic E-state index is 0.000604. The lowest BCUT2D eigenvalue weighted by atomic mass is 10.1. The number of halogens is 1. The Balaban J connectivity index is 1.89. The van der Waals surface area contributed by atoms with Crippen molar-refractivity contribution in [2.75, 3.05) is 0 Å². The first-order valence-corrected chi connectivity index (χ1v) is 7.49. The van der Waals surface area contributed by atoms with Crippen LogP contribution in [0.2, 0.25) is 5.02 Å². The summed E-state index contributed by atoms with van der Waals surface area (Å²) in [5, 5.41) is 4.75. The highest BCUT2D eigenvalue weighted by atomic mass is 35.5. The van der Waals surface area contributed by atoms with Crippen LogP contribution in [0.15, 0.2) is 67.3 Å². The van der Waals surface area contributed by atoms with Crippen LogP contribution in [-0.2, 0) is 0 Å². The minimum atomic E-state index is -0.000604. The monoisotopic (exact) mass is 323 g/mol. The summed E-state index contributed by atoms with van der Waals surface area (Å²) in [5.41, 5.74) is 2.38. The van der Waals surface area contributed by atoms with E-state index in [1.807, 2.05) is 36.4 Å². The van der Waals surface area contributed by atoms with E-state index in [1.165, 1.54) is 6.33 Å². The van der Waals surface area contributed by atoms with Gasteiger partial charge in [-0.2, -0.15) is 5.10 Å². The van der Waals surface area contributed by atoms with Crippen LogP contribution in [0.25, 0.3) is 11.8 Å². The molecule has 0 atom stereocenters. The largest absolute Gasteiger partial charge is 0.294 e. The average molecular weight is 324 g/mol. The summed E-state index contributed by atoms with van der Waals surface area (Å²) in [6.07, 6.45) is 5.19. The molecule has 5 heteroatoms. The molecule has 0 radical (unpaired) electrons. The van der Waals surface area contributed by atoms with Crippen LogP contribution >= 0.6 is 11.6 Å². The molecule has 0 spiro atoms. The maximum Gasteiger partial charge on any atom is 0.168 e. The Bertz CT molecular complexity index is 809. The highest BCUT2D eigenvalue weighted by Gasteiger charge is 2.11. The van der Waals surface area contributed by atoms with E-state index in [2.05, 4.69) is 10.1 Å². The fourth-order valence-corrected chi connectivity index (χ4v) is 2.32. The zero-order chi connectivity index (χ0) is 16.1. The molecule has 1 heterocycles. The number of aromatic nitrogens is 3. The second kappa shape index (κ2) is 7.03. The third-order valence-corrected chi connectivity index (χ3v) is 3.61. The lowest BCUT2D eigenvalue weighted by Gasteiger charge is -2.07. The summed E-state index contributed by atoms with van der Waals surface area (Å²) >= 11 is 5.87. The summed E-state index contributed by atoms with van der Waals surface area (Å²) in [7, 11) is 0. The van der Waals surface area contributed by atoms with E-state index in [0.29, 0.717) is 10.6 Å². The summed E-state index contributed by atoms with van der Waals surface area (Å²) in [6.45, 7) is 0. The number of allylic oxidation sites excluding steroid dienone is 1. The molecule has 0 saturated heterocycles. The molecule has 0 saturated carbocycles. The lowest BCUT2D eigenvalue weighted by Crippen LogP contribution is -2.06. The quantitative estimate of drug-likeness (QED) is 0.661. The fourth-order valence-electron chi connectivity index (χ4n) is 2.20. The van der Waals surface area contributed by atoms with Crippen LogP contribution in [0.5, 0.6) is 0 Å². The van der Waals surface area contributed by atoms with E-state index in [0.717, 1.165) is 11.3 Å². The van der Waals surface area contributed by atoms with E-state index < -0.39 is 0 Å². The van der Waals surface area contributed by atoms with Crippen molar-refractivity contribution in [3.05, 3.63) is 83.4 Å². The number of Topliss-reactive ketones (excluding diaryl/α,β-unsaturated/α-hetero) is 1. The second-order valence-electron chi connectivity index (χ2n) is 4.99. The van der Waals surface area contributed by atoms with Gasteiger partial charge in [-0.3, -0.25) is 4.79 Å². The molecule has 0 aliphatic rings. The predicted octanol–water partition coefficient (Wildman–Crippen LogP) is 4.20. The summed E-state index contributed by atoms with van der Waals surface area (Å²) in [6, 6.07) is 16.7. The smallest absolute Gasteiger partial charge is 0.168 e. The van der Waals surface area contributed by atoms with Gasteiger partial charge in [-0.05, 0) is 35.9 Å². The van der Waals surface area contributed by atoms with Crippen molar-refractivity contribution in [1.82, 2.24) is 14.8 Å². The van der Waals surface area contributed by atoms with Gasteiger partial charge in [0.2, 0.25) is 0 Å². The van der Waals surface area contributed by atoms with Gasteiger partial charge in [0.15, 0.2) is 5.78 Å². The molecule has 0 unspecified atom stereocenters. The molecule has 0 N–H and O–H groups in total. The first-order chi connectivity index (χ1) is 11.2. The van der Waals surface area contributed by atoms with Gasteiger partial charge in [0.05, 0.1) is 12.1 Å². The molecule has 114 valence electrons. The van der Waals surface area contributed by atoms with Crippen molar-refractivity contribution in [3.63, 3.8) is 0 Å². The normalized spacial score (nSPS) is 11.4. The van der Waals surface area contributed by atoms with Crippen LogP contribution in [-0.4, -0.2) is 20.5 Å². The van der Waals surface area contributed by atoms with E-state index >= 15 is 0 Å². The first kappa shape index (κ1) is 15.2. The van der Waals surface area contributed by atoms with Crippen LogP contribution in [0.3, 0.4) is 0 Å². The van der Waals surface area contributed by atoms with Gasteiger partial charge in [-0.1, -0.05) is 41.9 Å². The number of hydrogen-bond acceptors (Lipinski definition) is 3. The van der Waals surface area contributed by atoms with Crippen LogP contribution in [0.1, 0.15) is 22.3 Å². The van der Waals surface area contributed by atoms with Crippen molar-refractivity contribution in [3.8, 4) is 0 Å². The Kier molecular flexibility index (Phi) is 4.64. The lowest BCUT2D eigenvalue weighted by molar-refractivity contribution is 0.0997. The van der Waals surface area contributed by atoms with Gasteiger partial charge >= 0.3 is 0 Å². The number of rotatable bonds is 5. The highest BCUT2D eigenvalue weighted by Crippen LogP contribution is 2.18. The third kappa shape index (κ3) is 3.93. The SMILES string of the molecule is O=C(CC(=Cc1ccccc1)n1cncn1)c1ccc(Cl)cc1. The van der Waals surface area contributed by atoms with Crippen molar-refractivity contribution >= 4 is 29.2 Å². The molecule has 3 aromatic rings. The Morgan fingerprint density at radius 3 is 2.48 bits per heavy atom. The maximum absolute atomic E-state index is 12.5. The van der Waals surface area contributed by atoms with Crippen LogP contribution < -0.4 is 0 Å². The predicted molar refractivity (Wildman–Crippen MR) is 91.0 cm³/mol. The molecular formula is C18H14ClN3O. The molecule has 0 bridgehead atoms. The second-order valence-corrected chi connectivity index (χ2v) is 5.43. The standard InChI is InChI=1S/C18H14ClN3O/c19-16-8-6-15(7-9-16)18(23)11-17(22-13-20-12-21-22)10-14-4-2-1-3-5-14/h1-10,12-13H,11H2. The highest BCUT2D eigenvalue weighted by molar-refractivity contribution is 6.30. The van der Waals surface area contributed by atoms with Crippen molar-refractivity contribution in [2.24, 2.45) is 0 Å². The molecule has 0 amide bonds. The van der Waals surface area contributed by atoms with E-state index in [1.54, 1.807) is 35.3 Å². The van der Waals surface area contributed by atoms with Crippen molar-refractivity contribution in [1.29, 1.82) is 0 Å². The molecule has 23 heavy (non-hydrogen) atoms. The molecule has 3 rings (SSSR count). The Labute approximate surface area is 139 Å². The van der Waals surface area contributed by atoms with Crippen molar-refractivity contribution in [2.45, 2.75) is 6.42 Å². The Morgan fingerprint density at radius 1 is 1.09 bits per heavy atom. The Morgan fingerprint density at radius 2 is 1.83 bits per heavy atom. The summed E-state index contributed by atoms with van der Waals surface area (Å²) < 4.78 is 1.61. The van der Waals surface area contributed by atoms with Gasteiger partial charge in [0, 0.05) is 10.6 Å². The van der Waals surface area contributed by atoms with Crippen LogP contribution in [0.4, 0.5) is 0 Å². The van der Waals surface area contributed by atoms with Gasteiger partial charge in [-0.25, -0.2) is 9.67 Å². The van der Waals surface area contributed by atoms with Gasteiger partial charge in [0.25, 0.3) is 0 Å². The van der Waals surface area contributed by atoms with Crippen molar-refractivity contribution < 1.29 is 4.79 Å². The zero-order valence-corrected chi connectivity index (χ0v) is 13.0. The summed E-state index contributed by atoms with van der Waals surface area (Å²) in [4.78, 5) is 16.5. The van der Waals surface area contributed by atoms with E-state index in [4.69, 9.17) is 11.6 Å². The fraction of sp³-hybridized carbons (Fsp3) is 0.0556. The number of hydrogen-bond donors (Lipinski definition) is 0. The molecular weight excluding hydrogens is 310 g/mol. The molecule has 0 fully saturated rings. The Hall–Kier alpha value is -2.72. The zero-order valence-electron chi connectivity index (χ0n) is 12.3. The molecule has 0 aliphatic carbocycles. The molecule has 2 aromatic carbocycles. The number of nitrogens with zero attached hydrogens (tertiary/aromatic N) is 3. The van der Waals surface area contributed by atoms with Crippen LogP contribution in [0, 0.1) is 0 Å². The molecule has 1 aromatic heterocycles. The molecule has 4 nitrogen and oxygen atoms in total. The third-order valence-electron chi connectivity index (χ3n) is 3.35. The minimum Gasteiger partial charge on any atom is -0.294 e. The van der Waals surface area contributed by atoms with E-state index in [-0.39, 0.29) is 12.2 Å². The molecule has 0 aliphatic heterocycles. The number of benzene rings is 2. The van der Waals surface area contributed by atoms with Gasteiger partial charge in [-0.15, -0.1) is 0 Å². The maximum atomic E-state index is 12.5. The van der Waals surface area contributed by atoms with Gasteiger partial charge < -0.3 is 0 Å². The topological polar surface area (TPSA) is 47.8 Å². The number of ketones is 1. The summed E-state index contributed by atoms with van der Waals surface area (Å²) in [5.74, 6) is -0.000604. The van der Waals surface area contributed by atoms with Gasteiger partial charge in [0.1, 0.15) is 12.7 Å². The first-order valence-electron chi connectivity index (χ1n) is 7.12. The average Bonchev–Trinajstić information content (AvgIpc) is 3.10. The number of carbonyl (C=O) groups is 1. The van der Waals surface area contributed by atoms with E-state index in [9.17, 15) is 4.79 Å². The number of carbonyl (C=O) groups excluding carboxylic acids is 1.